The van der Waals surface area contributed by atoms with Gasteiger partial charge < -0.3 is 5.11 Å². The Morgan fingerprint density at radius 1 is 1.67 bits per heavy atom. The molecule has 1 aromatic rings. The van der Waals surface area contributed by atoms with Crippen LogP contribution in [0.15, 0.2) is 29.0 Å². The number of pyridine rings is 1. The molecule has 0 saturated carbocycles. The lowest BCUT2D eigenvalue weighted by Gasteiger charge is -1.93. The van der Waals surface area contributed by atoms with Gasteiger partial charge in [0.05, 0.1) is 0 Å². The van der Waals surface area contributed by atoms with E-state index in [1.165, 1.54) is 6.08 Å². The van der Waals surface area contributed by atoms with Crippen LogP contribution < -0.4 is 0 Å². The van der Waals surface area contributed by atoms with Crippen LogP contribution in [0.4, 0.5) is 0 Å². The zero-order valence-corrected chi connectivity index (χ0v) is 7.65. The summed E-state index contributed by atoms with van der Waals surface area (Å²) < 4.78 is 0.829. The Morgan fingerprint density at radius 3 is 3.00 bits per heavy atom. The summed E-state index contributed by atoms with van der Waals surface area (Å²) in [5.41, 5.74) is 0.750. The molecule has 3 nitrogen and oxygen atoms in total. The summed E-state index contributed by atoms with van der Waals surface area (Å²) in [5, 5.41) is 8.34. The number of hydrogen-bond donors (Lipinski definition) is 1. The van der Waals surface area contributed by atoms with Crippen LogP contribution in [0.3, 0.4) is 0 Å². The molecule has 0 aromatic carbocycles. The van der Waals surface area contributed by atoms with Crippen molar-refractivity contribution < 1.29 is 9.90 Å². The van der Waals surface area contributed by atoms with E-state index < -0.39 is 5.97 Å². The van der Waals surface area contributed by atoms with E-state index in [0.717, 1.165) is 16.1 Å². The molecule has 0 aliphatic carbocycles. The second kappa shape index (κ2) is 4.01. The normalized spacial score (nSPS) is 10.4. The minimum absolute atomic E-state index is 0.750. The van der Waals surface area contributed by atoms with Crippen molar-refractivity contribution in [2.24, 2.45) is 0 Å². The highest BCUT2D eigenvalue weighted by Crippen LogP contribution is 2.15. The monoisotopic (exact) mass is 227 g/mol. The topological polar surface area (TPSA) is 50.2 Å². The molecule has 0 saturated heterocycles. The van der Waals surface area contributed by atoms with Crippen molar-refractivity contribution in [2.75, 3.05) is 0 Å². The molecular weight excluding hydrogens is 222 g/mol. The van der Waals surface area contributed by atoms with Crippen molar-refractivity contribution in [3.8, 4) is 0 Å². The zero-order valence-electron chi connectivity index (χ0n) is 6.07. The largest absolute Gasteiger partial charge is 0.478 e. The molecule has 0 unspecified atom stereocenters. The van der Waals surface area contributed by atoms with Crippen LogP contribution in [0.25, 0.3) is 6.08 Å². The van der Waals surface area contributed by atoms with E-state index in [-0.39, 0.29) is 0 Å². The second-order valence-corrected chi connectivity index (χ2v) is 2.92. The van der Waals surface area contributed by atoms with Crippen molar-refractivity contribution >= 4 is 28.0 Å². The summed E-state index contributed by atoms with van der Waals surface area (Å²) in [6.45, 7) is 0. The van der Waals surface area contributed by atoms with E-state index in [2.05, 4.69) is 20.9 Å². The Labute approximate surface area is 77.9 Å². The molecule has 0 radical (unpaired) electrons. The molecule has 0 aliphatic rings. The van der Waals surface area contributed by atoms with Gasteiger partial charge in [0.25, 0.3) is 0 Å². The number of nitrogens with zero attached hydrogens (tertiary/aromatic N) is 1. The zero-order chi connectivity index (χ0) is 8.97. The molecule has 0 atom stereocenters. The summed E-state index contributed by atoms with van der Waals surface area (Å²) in [4.78, 5) is 14.0. The molecule has 0 fully saturated rings. The predicted molar refractivity (Wildman–Crippen MR) is 48.6 cm³/mol. The summed E-state index contributed by atoms with van der Waals surface area (Å²) in [5.74, 6) is -0.967. The number of hydrogen-bond acceptors (Lipinski definition) is 2. The number of rotatable bonds is 2. The average molecular weight is 228 g/mol. The van der Waals surface area contributed by atoms with Gasteiger partial charge in [-0.25, -0.2) is 4.79 Å². The molecule has 62 valence electrons. The first kappa shape index (κ1) is 8.93. The molecule has 0 bridgehead atoms. The van der Waals surface area contributed by atoms with Crippen LogP contribution in [0.5, 0.6) is 0 Å². The minimum Gasteiger partial charge on any atom is -0.478 e. The number of carbonyl (C=O) groups is 1. The van der Waals surface area contributed by atoms with Crippen LogP contribution in [0.1, 0.15) is 5.56 Å². The van der Waals surface area contributed by atoms with E-state index in [1.807, 2.05) is 0 Å². The number of aliphatic carboxylic acids is 1. The highest BCUT2D eigenvalue weighted by atomic mass is 79.9. The van der Waals surface area contributed by atoms with Crippen molar-refractivity contribution in [1.29, 1.82) is 0 Å². The van der Waals surface area contributed by atoms with Crippen molar-refractivity contribution in [1.82, 2.24) is 4.98 Å². The maximum absolute atomic E-state index is 10.2. The Hall–Kier alpha value is -1.16. The maximum atomic E-state index is 10.2. The molecule has 0 spiro atoms. The Balaban J connectivity index is 2.89. The number of carboxylic acid groups (broad SMARTS) is 1. The van der Waals surface area contributed by atoms with Gasteiger partial charge in [-0.05, 0) is 12.1 Å². The van der Waals surface area contributed by atoms with Crippen LogP contribution in [0.2, 0.25) is 0 Å². The molecule has 1 rings (SSSR count). The molecule has 4 heteroatoms. The minimum atomic E-state index is -0.967. The molecule has 0 amide bonds. The first-order valence-corrected chi connectivity index (χ1v) is 4.00. The third-order valence-corrected chi connectivity index (χ3v) is 1.92. The van der Waals surface area contributed by atoms with Crippen LogP contribution in [-0.4, -0.2) is 16.1 Å². The van der Waals surface area contributed by atoms with Crippen LogP contribution >= 0.6 is 15.9 Å². The van der Waals surface area contributed by atoms with Gasteiger partial charge in [-0.3, -0.25) is 4.98 Å². The number of carboxylic acids is 1. The van der Waals surface area contributed by atoms with E-state index >= 15 is 0 Å². The standard InChI is InChI=1S/C8H6BrNO2/c9-7-3-4-10-5-6(7)1-2-8(11)12/h1-5H,(H,11,12). The Morgan fingerprint density at radius 2 is 2.42 bits per heavy atom. The van der Waals surface area contributed by atoms with Gasteiger partial charge in [-0.2, -0.15) is 0 Å². The molecule has 12 heavy (non-hydrogen) atoms. The Kier molecular flexibility index (Phi) is 2.99. The van der Waals surface area contributed by atoms with Crippen molar-refractivity contribution in [3.05, 3.63) is 34.6 Å². The quantitative estimate of drug-likeness (QED) is 0.787. The lowest BCUT2D eigenvalue weighted by Crippen LogP contribution is -1.86. The lowest BCUT2D eigenvalue weighted by atomic mass is 10.2. The fraction of sp³-hybridized carbons (Fsp3) is 0. The molecule has 1 aromatic heterocycles. The van der Waals surface area contributed by atoms with Crippen molar-refractivity contribution in [3.63, 3.8) is 0 Å². The summed E-state index contributed by atoms with van der Waals surface area (Å²) >= 11 is 3.26. The summed E-state index contributed by atoms with van der Waals surface area (Å²) in [7, 11) is 0. The summed E-state index contributed by atoms with van der Waals surface area (Å²) in [6.07, 6.45) is 5.77. The molecule has 1 heterocycles. The maximum Gasteiger partial charge on any atom is 0.328 e. The number of halogens is 1. The van der Waals surface area contributed by atoms with Gasteiger partial charge in [0.1, 0.15) is 0 Å². The molecule has 1 N–H and O–H groups in total. The summed E-state index contributed by atoms with van der Waals surface area (Å²) in [6, 6.07) is 1.75. The molecule has 0 aliphatic heterocycles. The average Bonchev–Trinajstić information content (AvgIpc) is 2.03. The predicted octanol–water partition coefficient (Wildman–Crippen LogP) is 1.94. The second-order valence-electron chi connectivity index (χ2n) is 2.07. The van der Waals surface area contributed by atoms with Gasteiger partial charge in [-0.1, -0.05) is 15.9 Å². The van der Waals surface area contributed by atoms with Gasteiger partial charge in [0.15, 0.2) is 0 Å². The van der Waals surface area contributed by atoms with E-state index in [1.54, 1.807) is 18.5 Å². The lowest BCUT2D eigenvalue weighted by molar-refractivity contribution is -0.131. The van der Waals surface area contributed by atoms with Crippen LogP contribution in [-0.2, 0) is 4.79 Å². The molecular formula is C8H6BrNO2. The fourth-order valence-corrected chi connectivity index (χ4v) is 1.03. The number of aromatic nitrogens is 1. The SMILES string of the molecule is O=C(O)C=Cc1cnccc1Br. The van der Waals surface area contributed by atoms with E-state index in [9.17, 15) is 4.79 Å². The first-order valence-electron chi connectivity index (χ1n) is 3.20. The first-order chi connectivity index (χ1) is 5.70. The van der Waals surface area contributed by atoms with Crippen LogP contribution in [0, 0.1) is 0 Å². The Bertz CT molecular complexity index is 323. The van der Waals surface area contributed by atoms with Gasteiger partial charge in [-0.15, -0.1) is 0 Å². The smallest absolute Gasteiger partial charge is 0.328 e. The fourth-order valence-electron chi connectivity index (χ4n) is 0.673. The third kappa shape index (κ3) is 2.47. The van der Waals surface area contributed by atoms with Gasteiger partial charge in [0, 0.05) is 28.5 Å². The van der Waals surface area contributed by atoms with Gasteiger partial charge in [0.2, 0.25) is 0 Å². The van der Waals surface area contributed by atoms with E-state index in [0.29, 0.717) is 0 Å². The van der Waals surface area contributed by atoms with Crippen molar-refractivity contribution in [2.45, 2.75) is 0 Å². The highest BCUT2D eigenvalue weighted by Gasteiger charge is 1.94. The van der Waals surface area contributed by atoms with E-state index in [4.69, 9.17) is 5.11 Å². The third-order valence-electron chi connectivity index (χ3n) is 1.20. The van der Waals surface area contributed by atoms with Gasteiger partial charge >= 0.3 is 5.97 Å². The highest BCUT2D eigenvalue weighted by molar-refractivity contribution is 9.10.